The summed E-state index contributed by atoms with van der Waals surface area (Å²) < 4.78 is 91.2. The SMILES string of the molecule is CO.O.O.O.O.O.O=C([O-])c1cccc(CN2CCOCCN(Cc3cccc(C(=O)O)n3)CCOCC2)n1.O=C([O-])c1cccc(CN2CCOCCN(Cc3cccc(C(=O)O)n3)CCOCC2)n1.[O-][Cl+3]([O-])([O-])[O-].[O-][Cl+3]([O-])([O-])[O-].[Zn+2].[Zn+2]. The van der Waals surface area contributed by atoms with E-state index in [-0.39, 0.29) is 89.1 Å². The molecule has 462 valence electrons. The van der Waals surface area contributed by atoms with Crippen LogP contribution in [0.5, 0.6) is 0 Å². The van der Waals surface area contributed by atoms with Crippen LogP contribution < -0.4 is 47.5 Å². The minimum absolute atomic E-state index is 0. The fraction of sp³-hybridized carbons (Fsp3) is 0.467. The van der Waals surface area contributed by atoms with Crippen molar-refractivity contribution in [2.45, 2.75) is 26.2 Å². The van der Waals surface area contributed by atoms with Gasteiger partial charge in [0.25, 0.3) is 0 Å². The van der Waals surface area contributed by atoms with Gasteiger partial charge in [-0.3, -0.25) is 29.6 Å². The van der Waals surface area contributed by atoms with E-state index in [2.05, 4.69) is 39.5 Å². The third-order valence-electron chi connectivity index (χ3n) is 10.0. The van der Waals surface area contributed by atoms with Crippen molar-refractivity contribution in [2.75, 3.05) is 112 Å². The molecule has 0 unspecified atom stereocenters. The molecule has 2 aliphatic heterocycles. The van der Waals surface area contributed by atoms with Crippen molar-refractivity contribution < 1.29 is 188 Å². The summed E-state index contributed by atoms with van der Waals surface area (Å²) in [5.41, 5.74) is 2.60. The predicted molar refractivity (Wildman–Crippen MR) is 250 cm³/mol. The molecule has 0 bridgehead atoms. The molecule has 2 aliphatic rings. The quantitative estimate of drug-likeness (QED) is 0.111. The van der Waals surface area contributed by atoms with Gasteiger partial charge in [-0.1, -0.05) is 24.3 Å². The molecular weight excluding hydrogens is 1270 g/mol. The van der Waals surface area contributed by atoms with E-state index in [0.29, 0.717) is 154 Å². The Kier molecular flexibility index (Phi) is 53.6. The fourth-order valence-electron chi connectivity index (χ4n) is 6.69. The number of nitrogens with zero attached hydrogens (tertiary/aromatic N) is 8. The van der Waals surface area contributed by atoms with E-state index in [1.54, 1.807) is 36.4 Å². The first-order valence-electron chi connectivity index (χ1n) is 22.6. The number of aliphatic hydroxyl groups excluding tert-OH is 1. The Morgan fingerprint density at radius 2 is 0.566 bits per heavy atom. The van der Waals surface area contributed by atoms with Crippen LogP contribution in [-0.4, -0.2) is 218 Å². The number of hydrogen-bond acceptors (Lipinski definition) is 27. The second kappa shape index (κ2) is 49.7. The number of aromatic nitrogens is 4. The largest absolute Gasteiger partial charge is 2.00 e. The number of pyridine rings is 4. The number of aliphatic hydroxyl groups is 1. The molecular formula is C45H68Cl2N8O26Zn2. The molecule has 83 heavy (non-hydrogen) atoms. The molecule has 0 atom stereocenters. The van der Waals surface area contributed by atoms with Crippen molar-refractivity contribution in [3.8, 4) is 0 Å². The number of ether oxygens (including phenoxy) is 4. The van der Waals surface area contributed by atoms with Crippen LogP contribution in [0.25, 0.3) is 0 Å². The summed E-state index contributed by atoms with van der Waals surface area (Å²) >= 11 is 0. The van der Waals surface area contributed by atoms with Gasteiger partial charge in [-0.25, -0.2) is 56.8 Å². The Hall–Kier alpha value is -4.57. The van der Waals surface area contributed by atoms with Gasteiger partial charge in [0.05, 0.1) is 99.0 Å². The smallest absolute Gasteiger partial charge is 0.543 e. The van der Waals surface area contributed by atoms with Crippen LogP contribution in [0, 0.1) is 20.5 Å². The second-order valence-corrected chi connectivity index (χ2v) is 17.1. The van der Waals surface area contributed by atoms with Gasteiger partial charge < -0.3 is 81.5 Å². The molecule has 4 aromatic rings. The van der Waals surface area contributed by atoms with Crippen molar-refractivity contribution in [3.05, 3.63) is 118 Å². The van der Waals surface area contributed by atoms with E-state index in [9.17, 15) is 29.4 Å². The average molecular weight is 1340 g/mol. The number of rotatable bonds is 12. The molecule has 6 heterocycles. The number of halogens is 2. The van der Waals surface area contributed by atoms with Crippen molar-refractivity contribution in [1.29, 1.82) is 0 Å². The van der Waals surface area contributed by atoms with Gasteiger partial charge in [0.2, 0.25) is 0 Å². The summed E-state index contributed by atoms with van der Waals surface area (Å²) in [5, 5.41) is 47.3. The Balaban J connectivity index is -0.000000279. The van der Waals surface area contributed by atoms with Gasteiger partial charge in [0, 0.05) is 85.6 Å². The first kappa shape index (κ1) is 89.6. The van der Waals surface area contributed by atoms with Crippen LogP contribution in [-0.2, 0) is 84.1 Å². The maximum absolute atomic E-state index is 11.1. The van der Waals surface area contributed by atoms with Crippen molar-refractivity contribution in [3.63, 3.8) is 0 Å². The molecule has 0 amide bonds. The Morgan fingerprint density at radius 1 is 0.398 bits per heavy atom. The zero-order valence-corrected chi connectivity index (χ0v) is 52.5. The first-order chi connectivity index (χ1) is 36.0. The average Bonchev–Trinajstić information content (AvgIpc) is 3.34. The number of carboxylic acids is 4. The van der Waals surface area contributed by atoms with Gasteiger partial charge in [0.15, 0.2) is 0 Å². The first-order valence-corrected chi connectivity index (χ1v) is 25.1. The van der Waals surface area contributed by atoms with E-state index in [4.69, 9.17) is 71.5 Å². The van der Waals surface area contributed by atoms with Gasteiger partial charge in [-0.2, -0.15) is 0 Å². The number of carboxylic acid groups (broad SMARTS) is 4. The summed E-state index contributed by atoms with van der Waals surface area (Å²) in [7, 11) is -8.89. The molecule has 0 aliphatic carbocycles. The molecule has 0 radical (unpaired) electrons. The topological polar surface area (TPSA) is 619 Å². The molecule has 2 saturated heterocycles. The van der Waals surface area contributed by atoms with Gasteiger partial charge in [-0.05, 0) is 48.5 Å². The van der Waals surface area contributed by atoms with E-state index in [1.165, 1.54) is 24.3 Å². The normalized spacial score (nSPS) is 14.8. The number of carbonyl (C=O) groups is 4. The Labute approximate surface area is 505 Å². The molecule has 38 heteroatoms. The molecule has 13 N–H and O–H groups in total. The van der Waals surface area contributed by atoms with E-state index in [1.807, 2.05) is 12.1 Å². The summed E-state index contributed by atoms with van der Waals surface area (Å²) in [5.74, 6) is -4.67. The number of carbonyl (C=O) groups excluding carboxylic acids is 2. The zero-order chi connectivity index (χ0) is 56.5. The third kappa shape index (κ3) is 44.6. The molecule has 34 nitrogen and oxygen atoms in total. The zero-order valence-electron chi connectivity index (χ0n) is 45.0. The molecule has 0 saturated carbocycles. The van der Waals surface area contributed by atoms with Crippen LogP contribution in [0.2, 0.25) is 0 Å². The van der Waals surface area contributed by atoms with E-state index in [0.717, 1.165) is 7.11 Å². The van der Waals surface area contributed by atoms with Crippen molar-refractivity contribution in [2.24, 2.45) is 0 Å². The van der Waals surface area contributed by atoms with E-state index >= 15 is 0 Å². The van der Waals surface area contributed by atoms with E-state index < -0.39 is 44.4 Å². The number of aromatic carboxylic acids is 4. The molecule has 6 rings (SSSR count). The fourth-order valence-corrected chi connectivity index (χ4v) is 6.69. The predicted octanol–water partition coefficient (Wildman–Crippen LogP) is -14.3. The Bertz CT molecular complexity index is 2020. The molecule has 2 fully saturated rings. The van der Waals surface area contributed by atoms with Crippen LogP contribution in [0.4, 0.5) is 0 Å². The summed E-state index contributed by atoms with van der Waals surface area (Å²) in [6.07, 6.45) is 0. The van der Waals surface area contributed by atoms with Crippen LogP contribution >= 0.6 is 0 Å². The van der Waals surface area contributed by atoms with Crippen molar-refractivity contribution >= 4 is 23.9 Å². The minimum atomic E-state index is -4.94. The van der Waals surface area contributed by atoms with Gasteiger partial charge in [0.1, 0.15) is 11.4 Å². The molecule has 0 aromatic carbocycles. The summed E-state index contributed by atoms with van der Waals surface area (Å²) in [4.78, 5) is 69.4. The number of hydrogen-bond donors (Lipinski definition) is 3. The minimum Gasteiger partial charge on any atom is -0.543 e. The van der Waals surface area contributed by atoms with Crippen LogP contribution in [0.15, 0.2) is 72.8 Å². The molecule has 4 aromatic heterocycles. The summed E-state index contributed by atoms with van der Waals surface area (Å²) in [6.45, 7) is 11.4. The third-order valence-corrected chi connectivity index (χ3v) is 10.0. The maximum Gasteiger partial charge on any atom is 2.00 e. The van der Waals surface area contributed by atoms with Gasteiger partial charge in [-0.15, -0.1) is 20.5 Å². The monoisotopic (exact) mass is 1330 g/mol. The molecule has 0 spiro atoms. The standard InChI is InChI=1S/2C22H28N4O6.CH4O.2ClHO4.5H2O.2Zn/c2*27-21(28)19-5-1-3-17(23-19)15-25-7-11-31-13-9-26(10-14-32-12-8-25)16-18-4-2-6-20(24-18)22(29)30;1-2;2*2-1(3,4)5;;;;;;;/h2*1-6H,7-16H2,(H,27,28)(H,29,30);2H,1H3;2*(H,2,3,4,5);5*1H2;;/q;;;;;;;;;;2*+2/p-4. The van der Waals surface area contributed by atoms with Gasteiger partial charge >= 0.3 is 50.9 Å². The Morgan fingerprint density at radius 3 is 0.735 bits per heavy atom. The maximum atomic E-state index is 11.1. The summed E-state index contributed by atoms with van der Waals surface area (Å²) in [6, 6.07) is 19.7. The van der Waals surface area contributed by atoms with Crippen LogP contribution in [0.1, 0.15) is 64.7 Å². The van der Waals surface area contributed by atoms with Crippen LogP contribution in [0.3, 0.4) is 0 Å². The second-order valence-electron chi connectivity index (χ2n) is 15.6. The van der Waals surface area contributed by atoms with Crippen molar-refractivity contribution in [1.82, 2.24) is 39.5 Å².